The summed E-state index contributed by atoms with van der Waals surface area (Å²) in [7, 11) is -1.95. The average Bonchev–Trinajstić information content (AvgIpc) is 3.09. The molecule has 0 heterocycles. The summed E-state index contributed by atoms with van der Waals surface area (Å²) < 4.78 is 22.4. The van der Waals surface area contributed by atoms with Gasteiger partial charge in [-0.1, -0.05) is 0 Å². The number of aryl methyl sites for hydroxylation is 1. The molecule has 98 valence electrons. The maximum atomic E-state index is 12.2. The van der Waals surface area contributed by atoms with Gasteiger partial charge in [-0.25, -0.2) is 13.6 Å². The monoisotopic (exact) mass is 268 g/mol. The molecule has 1 aliphatic rings. The minimum Gasteiger partial charge on any atom is -0.339 e. The Labute approximate surface area is 107 Å². The number of hydrogen-bond acceptors (Lipinski definition) is 3. The van der Waals surface area contributed by atoms with E-state index in [1.807, 2.05) is 0 Å². The summed E-state index contributed by atoms with van der Waals surface area (Å²) in [6.07, 6.45) is 2.08. The third kappa shape index (κ3) is 2.54. The second-order valence-electron chi connectivity index (χ2n) is 4.67. The highest BCUT2D eigenvalue weighted by Crippen LogP contribution is 2.27. The molecule has 0 saturated heterocycles. The van der Waals surface area contributed by atoms with E-state index in [0.29, 0.717) is 17.2 Å². The third-order valence-electron chi connectivity index (χ3n) is 3.17. The zero-order valence-corrected chi connectivity index (χ0v) is 11.2. The van der Waals surface area contributed by atoms with Crippen molar-refractivity contribution in [3.63, 3.8) is 0 Å². The highest BCUT2D eigenvalue weighted by molar-refractivity contribution is 7.89. The van der Waals surface area contributed by atoms with E-state index in [1.165, 1.54) is 18.2 Å². The van der Waals surface area contributed by atoms with Crippen LogP contribution in [0.2, 0.25) is 0 Å². The van der Waals surface area contributed by atoms with Crippen LogP contribution in [0, 0.1) is 6.92 Å². The molecule has 0 aromatic heterocycles. The third-order valence-corrected chi connectivity index (χ3v) is 4.08. The van der Waals surface area contributed by atoms with Gasteiger partial charge in [0.1, 0.15) is 0 Å². The number of amides is 1. The first-order valence-corrected chi connectivity index (χ1v) is 7.26. The quantitative estimate of drug-likeness (QED) is 0.883. The summed E-state index contributed by atoms with van der Waals surface area (Å²) in [6, 6.07) is 4.66. The van der Waals surface area contributed by atoms with E-state index < -0.39 is 10.0 Å². The van der Waals surface area contributed by atoms with Crippen molar-refractivity contribution in [1.82, 2.24) is 4.90 Å². The van der Waals surface area contributed by atoms with Crippen LogP contribution in [0.15, 0.2) is 23.1 Å². The first-order chi connectivity index (χ1) is 8.30. The summed E-state index contributed by atoms with van der Waals surface area (Å²) in [4.78, 5) is 13.9. The van der Waals surface area contributed by atoms with Crippen LogP contribution >= 0.6 is 0 Å². The molecular formula is C12H16N2O3S. The van der Waals surface area contributed by atoms with Gasteiger partial charge in [-0.05, 0) is 43.5 Å². The summed E-state index contributed by atoms with van der Waals surface area (Å²) in [5, 5.41) is 5.05. The van der Waals surface area contributed by atoms with E-state index in [0.717, 1.165) is 12.8 Å². The maximum absolute atomic E-state index is 12.2. The molecular weight excluding hydrogens is 252 g/mol. The lowest BCUT2D eigenvalue weighted by Gasteiger charge is -2.17. The number of hydrogen-bond donors (Lipinski definition) is 1. The molecule has 0 aliphatic heterocycles. The van der Waals surface area contributed by atoms with Gasteiger partial charge >= 0.3 is 0 Å². The van der Waals surface area contributed by atoms with Crippen LogP contribution in [0.5, 0.6) is 0 Å². The second-order valence-corrected chi connectivity index (χ2v) is 6.23. The lowest BCUT2D eigenvalue weighted by molar-refractivity contribution is 0.0784. The summed E-state index contributed by atoms with van der Waals surface area (Å²) in [5.74, 6) is -0.0732. The van der Waals surface area contributed by atoms with Gasteiger partial charge in [0, 0.05) is 18.7 Å². The number of carbonyl (C=O) groups is 1. The maximum Gasteiger partial charge on any atom is 0.254 e. The number of carbonyl (C=O) groups excluding carboxylic acids is 1. The first-order valence-electron chi connectivity index (χ1n) is 5.71. The van der Waals surface area contributed by atoms with Gasteiger partial charge < -0.3 is 4.90 Å². The summed E-state index contributed by atoms with van der Waals surface area (Å²) >= 11 is 0. The van der Waals surface area contributed by atoms with Crippen LogP contribution in [0.1, 0.15) is 28.8 Å². The molecule has 2 rings (SSSR count). The van der Waals surface area contributed by atoms with E-state index in [2.05, 4.69) is 0 Å². The van der Waals surface area contributed by atoms with E-state index in [1.54, 1.807) is 18.9 Å². The van der Waals surface area contributed by atoms with E-state index in [9.17, 15) is 13.2 Å². The Morgan fingerprint density at radius 1 is 1.39 bits per heavy atom. The Kier molecular flexibility index (Phi) is 3.16. The van der Waals surface area contributed by atoms with Gasteiger partial charge in [-0.15, -0.1) is 0 Å². The molecule has 1 amide bonds. The number of benzene rings is 1. The molecule has 1 aliphatic carbocycles. The average molecular weight is 268 g/mol. The molecule has 5 nitrogen and oxygen atoms in total. The molecule has 6 heteroatoms. The fraction of sp³-hybridized carbons (Fsp3) is 0.417. The zero-order valence-electron chi connectivity index (χ0n) is 10.4. The van der Waals surface area contributed by atoms with Crippen molar-refractivity contribution < 1.29 is 13.2 Å². The summed E-state index contributed by atoms with van der Waals surface area (Å²) in [5.41, 5.74) is 1.15. The largest absolute Gasteiger partial charge is 0.339 e. The molecule has 1 saturated carbocycles. The molecule has 2 N–H and O–H groups in total. The van der Waals surface area contributed by atoms with Crippen molar-refractivity contribution in [3.05, 3.63) is 29.3 Å². The molecule has 0 spiro atoms. The van der Waals surface area contributed by atoms with Gasteiger partial charge in [-0.2, -0.15) is 0 Å². The highest BCUT2D eigenvalue weighted by Gasteiger charge is 2.30. The van der Waals surface area contributed by atoms with Crippen molar-refractivity contribution >= 4 is 15.9 Å². The van der Waals surface area contributed by atoms with Crippen LogP contribution in [-0.2, 0) is 10.0 Å². The SMILES string of the molecule is Cc1cc(S(N)(=O)=O)ccc1C(=O)N(C)C1CC1. The molecule has 0 bridgehead atoms. The lowest BCUT2D eigenvalue weighted by atomic mass is 10.1. The van der Waals surface area contributed by atoms with Crippen LogP contribution in [0.25, 0.3) is 0 Å². The van der Waals surface area contributed by atoms with Crippen LogP contribution in [0.3, 0.4) is 0 Å². The predicted molar refractivity (Wildman–Crippen MR) is 67.7 cm³/mol. The molecule has 0 atom stereocenters. The van der Waals surface area contributed by atoms with Crippen molar-refractivity contribution in [2.24, 2.45) is 5.14 Å². The molecule has 18 heavy (non-hydrogen) atoms. The van der Waals surface area contributed by atoms with Crippen LogP contribution in [0.4, 0.5) is 0 Å². The fourth-order valence-electron chi connectivity index (χ4n) is 1.87. The van der Waals surface area contributed by atoms with Gasteiger partial charge in [-0.3, -0.25) is 4.79 Å². The fourth-order valence-corrected chi connectivity index (χ4v) is 2.47. The van der Waals surface area contributed by atoms with Crippen molar-refractivity contribution in [2.75, 3.05) is 7.05 Å². The van der Waals surface area contributed by atoms with Crippen molar-refractivity contribution in [2.45, 2.75) is 30.7 Å². The minimum absolute atomic E-state index is 0.0330. The Morgan fingerprint density at radius 2 is 2.00 bits per heavy atom. The molecule has 1 fully saturated rings. The molecule has 1 aromatic carbocycles. The normalized spacial score (nSPS) is 15.5. The minimum atomic E-state index is -3.72. The number of nitrogens with zero attached hydrogens (tertiary/aromatic N) is 1. The molecule has 0 unspecified atom stereocenters. The molecule has 1 aromatic rings. The predicted octanol–water partition coefficient (Wildman–Crippen LogP) is 0.877. The number of nitrogens with two attached hydrogens (primary N) is 1. The first kappa shape index (κ1) is 13.0. The molecule has 0 radical (unpaired) electrons. The van der Waals surface area contributed by atoms with E-state index in [-0.39, 0.29) is 10.8 Å². The van der Waals surface area contributed by atoms with Gasteiger partial charge in [0.25, 0.3) is 5.91 Å². The summed E-state index contributed by atoms with van der Waals surface area (Å²) in [6.45, 7) is 1.71. The van der Waals surface area contributed by atoms with Crippen molar-refractivity contribution in [1.29, 1.82) is 0 Å². The Balaban J connectivity index is 2.32. The standard InChI is InChI=1S/C12H16N2O3S/c1-8-7-10(18(13,16)17)5-6-11(8)12(15)14(2)9-3-4-9/h5-7,9H,3-4H2,1-2H3,(H2,13,16,17). The Morgan fingerprint density at radius 3 is 2.44 bits per heavy atom. The van der Waals surface area contributed by atoms with Crippen LogP contribution < -0.4 is 5.14 Å². The lowest BCUT2D eigenvalue weighted by Crippen LogP contribution is -2.29. The van der Waals surface area contributed by atoms with Gasteiger partial charge in [0.05, 0.1) is 4.90 Å². The number of rotatable bonds is 3. The van der Waals surface area contributed by atoms with Gasteiger partial charge in [0.15, 0.2) is 0 Å². The van der Waals surface area contributed by atoms with E-state index >= 15 is 0 Å². The Hall–Kier alpha value is -1.40. The van der Waals surface area contributed by atoms with Crippen LogP contribution in [-0.4, -0.2) is 32.3 Å². The zero-order chi connectivity index (χ0) is 13.5. The van der Waals surface area contributed by atoms with E-state index in [4.69, 9.17) is 5.14 Å². The second kappa shape index (κ2) is 4.37. The number of sulfonamides is 1. The highest BCUT2D eigenvalue weighted by atomic mass is 32.2. The van der Waals surface area contributed by atoms with Crippen molar-refractivity contribution in [3.8, 4) is 0 Å². The number of primary sulfonamides is 1. The Bertz CT molecular complexity index is 591. The smallest absolute Gasteiger partial charge is 0.254 e. The topological polar surface area (TPSA) is 80.5 Å². The van der Waals surface area contributed by atoms with Gasteiger partial charge in [0.2, 0.25) is 10.0 Å².